The number of hydrogen-bond acceptors (Lipinski definition) is 3. The standard InChI is InChI=1S/C15H18N4O/c16-12-7-13(15(12)3-1-4-15)19-14(20)11-6-9-8-17-5-2-10(9)18-11/h2,5-6,8,12-13,18H,1,3-4,7,16H2,(H,19,20). The van der Waals surface area contributed by atoms with Crippen LogP contribution >= 0.6 is 0 Å². The van der Waals surface area contributed by atoms with Gasteiger partial charge < -0.3 is 16.0 Å². The molecule has 0 aromatic carbocycles. The number of aromatic nitrogens is 2. The van der Waals surface area contributed by atoms with E-state index in [-0.39, 0.29) is 23.4 Å². The van der Waals surface area contributed by atoms with Crippen molar-refractivity contribution in [1.82, 2.24) is 15.3 Å². The fourth-order valence-electron chi connectivity index (χ4n) is 3.66. The second-order valence-electron chi connectivity index (χ2n) is 6.10. The number of fused-ring (bicyclic) bond motifs is 1. The lowest BCUT2D eigenvalue weighted by molar-refractivity contribution is -0.0390. The number of pyridine rings is 1. The number of nitrogens with one attached hydrogen (secondary N) is 2. The molecule has 1 amide bonds. The zero-order valence-corrected chi connectivity index (χ0v) is 11.2. The van der Waals surface area contributed by atoms with E-state index in [1.807, 2.05) is 12.1 Å². The Kier molecular flexibility index (Phi) is 2.41. The molecule has 4 N–H and O–H groups in total. The summed E-state index contributed by atoms with van der Waals surface area (Å²) < 4.78 is 0. The topological polar surface area (TPSA) is 83.8 Å². The average molecular weight is 270 g/mol. The molecule has 104 valence electrons. The summed E-state index contributed by atoms with van der Waals surface area (Å²) in [5.74, 6) is -0.0376. The summed E-state index contributed by atoms with van der Waals surface area (Å²) in [6.07, 6.45) is 7.90. The van der Waals surface area contributed by atoms with E-state index in [2.05, 4.69) is 15.3 Å². The second-order valence-corrected chi connectivity index (χ2v) is 6.10. The summed E-state index contributed by atoms with van der Waals surface area (Å²) in [5, 5.41) is 4.11. The van der Waals surface area contributed by atoms with E-state index < -0.39 is 0 Å². The van der Waals surface area contributed by atoms with E-state index >= 15 is 0 Å². The maximum absolute atomic E-state index is 12.3. The van der Waals surface area contributed by atoms with Crippen molar-refractivity contribution < 1.29 is 4.79 Å². The summed E-state index contributed by atoms with van der Waals surface area (Å²) in [5.41, 5.74) is 7.84. The molecule has 2 atom stereocenters. The molecule has 4 rings (SSSR count). The summed E-state index contributed by atoms with van der Waals surface area (Å²) >= 11 is 0. The molecule has 2 saturated carbocycles. The minimum atomic E-state index is -0.0376. The van der Waals surface area contributed by atoms with Crippen molar-refractivity contribution in [3.8, 4) is 0 Å². The van der Waals surface area contributed by atoms with Crippen molar-refractivity contribution in [2.24, 2.45) is 11.1 Å². The number of carbonyl (C=O) groups is 1. The highest BCUT2D eigenvalue weighted by atomic mass is 16.2. The zero-order valence-electron chi connectivity index (χ0n) is 11.2. The normalized spacial score (nSPS) is 27.1. The molecule has 20 heavy (non-hydrogen) atoms. The fourth-order valence-corrected chi connectivity index (χ4v) is 3.66. The number of aromatic amines is 1. The Morgan fingerprint density at radius 1 is 1.50 bits per heavy atom. The Labute approximate surface area is 117 Å². The predicted octanol–water partition coefficient (Wildman–Crippen LogP) is 1.56. The van der Waals surface area contributed by atoms with Gasteiger partial charge in [-0.05, 0) is 31.4 Å². The molecular formula is C15H18N4O. The van der Waals surface area contributed by atoms with Gasteiger partial charge in [0.2, 0.25) is 0 Å². The fraction of sp³-hybridized carbons (Fsp3) is 0.467. The lowest BCUT2D eigenvalue weighted by Crippen LogP contribution is -2.69. The Balaban J connectivity index is 1.53. The molecule has 2 aliphatic rings. The van der Waals surface area contributed by atoms with E-state index in [4.69, 9.17) is 5.73 Å². The minimum Gasteiger partial charge on any atom is -0.350 e. The van der Waals surface area contributed by atoms with Gasteiger partial charge in [-0.15, -0.1) is 0 Å². The molecule has 0 bridgehead atoms. The average Bonchev–Trinajstić information content (AvgIpc) is 2.79. The number of rotatable bonds is 2. The molecule has 0 aliphatic heterocycles. The highest BCUT2D eigenvalue weighted by molar-refractivity contribution is 5.98. The van der Waals surface area contributed by atoms with Gasteiger partial charge in [0.15, 0.2) is 0 Å². The highest BCUT2D eigenvalue weighted by Crippen LogP contribution is 2.55. The third kappa shape index (κ3) is 1.53. The predicted molar refractivity (Wildman–Crippen MR) is 76.2 cm³/mol. The largest absolute Gasteiger partial charge is 0.350 e. The third-order valence-corrected chi connectivity index (χ3v) is 5.18. The van der Waals surface area contributed by atoms with Gasteiger partial charge in [-0.3, -0.25) is 9.78 Å². The number of carbonyl (C=O) groups excluding carboxylic acids is 1. The van der Waals surface area contributed by atoms with E-state index in [1.165, 1.54) is 6.42 Å². The molecule has 0 radical (unpaired) electrons. The number of nitrogens with two attached hydrogens (primary N) is 1. The molecule has 5 nitrogen and oxygen atoms in total. The molecule has 2 unspecified atom stereocenters. The number of nitrogens with zero attached hydrogens (tertiary/aromatic N) is 1. The van der Waals surface area contributed by atoms with Crippen molar-refractivity contribution in [1.29, 1.82) is 0 Å². The Morgan fingerprint density at radius 3 is 3.00 bits per heavy atom. The Hall–Kier alpha value is -1.88. The maximum Gasteiger partial charge on any atom is 0.267 e. The SMILES string of the molecule is NC1CC(NC(=O)c2cc3cnccc3[nH]2)C12CCC2. The zero-order chi connectivity index (χ0) is 13.7. The van der Waals surface area contributed by atoms with Gasteiger partial charge in [-0.25, -0.2) is 0 Å². The van der Waals surface area contributed by atoms with Crippen LogP contribution in [-0.2, 0) is 0 Å². The molecule has 2 fully saturated rings. The van der Waals surface area contributed by atoms with Crippen LogP contribution in [0.4, 0.5) is 0 Å². The maximum atomic E-state index is 12.3. The van der Waals surface area contributed by atoms with E-state index in [1.54, 1.807) is 12.4 Å². The van der Waals surface area contributed by atoms with Gasteiger partial charge in [0, 0.05) is 40.8 Å². The summed E-state index contributed by atoms with van der Waals surface area (Å²) in [7, 11) is 0. The molecule has 5 heteroatoms. The molecule has 1 spiro atoms. The van der Waals surface area contributed by atoms with Crippen LogP contribution in [0.1, 0.15) is 36.2 Å². The summed E-state index contributed by atoms with van der Waals surface area (Å²) in [4.78, 5) is 19.5. The molecule has 2 aliphatic carbocycles. The van der Waals surface area contributed by atoms with Crippen LogP contribution in [0.3, 0.4) is 0 Å². The van der Waals surface area contributed by atoms with E-state index in [0.717, 1.165) is 30.2 Å². The first-order chi connectivity index (χ1) is 9.69. The first kappa shape index (κ1) is 11.9. The van der Waals surface area contributed by atoms with Gasteiger partial charge in [0.25, 0.3) is 5.91 Å². The number of amides is 1. The van der Waals surface area contributed by atoms with Gasteiger partial charge in [0.1, 0.15) is 5.69 Å². The van der Waals surface area contributed by atoms with Crippen LogP contribution in [0.5, 0.6) is 0 Å². The first-order valence-electron chi connectivity index (χ1n) is 7.18. The summed E-state index contributed by atoms with van der Waals surface area (Å²) in [6.45, 7) is 0. The molecule has 2 aromatic rings. The highest BCUT2D eigenvalue weighted by Gasteiger charge is 2.57. The number of hydrogen-bond donors (Lipinski definition) is 3. The van der Waals surface area contributed by atoms with Crippen LogP contribution in [-0.4, -0.2) is 28.0 Å². The van der Waals surface area contributed by atoms with E-state index in [9.17, 15) is 4.79 Å². The Morgan fingerprint density at radius 2 is 2.35 bits per heavy atom. The molecular weight excluding hydrogens is 252 g/mol. The van der Waals surface area contributed by atoms with Crippen LogP contribution in [0.25, 0.3) is 10.9 Å². The van der Waals surface area contributed by atoms with Crippen LogP contribution in [0.15, 0.2) is 24.5 Å². The van der Waals surface area contributed by atoms with Crippen molar-refractivity contribution in [2.45, 2.75) is 37.8 Å². The lowest BCUT2D eigenvalue weighted by atomic mass is 9.50. The minimum absolute atomic E-state index is 0.0376. The van der Waals surface area contributed by atoms with Crippen LogP contribution in [0.2, 0.25) is 0 Å². The van der Waals surface area contributed by atoms with Crippen molar-refractivity contribution in [3.05, 3.63) is 30.2 Å². The van der Waals surface area contributed by atoms with Gasteiger partial charge in [-0.1, -0.05) is 6.42 Å². The van der Waals surface area contributed by atoms with Gasteiger partial charge in [0.05, 0.1) is 0 Å². The van der Waals surface area contributed by atoms with Crippen LogP contribution < -0.4 is 11.1 Å². The van der Waals surface area contributed by atoms with Crippen LogP contribution in [0, 0.1) is 5.41 Å². The summed E-state index contributed by atoms with van der Waals surface area (Å²) in [6, 6.07) is 4.22. The quantitative estimate of drug-likeness (QED) is 0.774. The lowest BCUT2D eigenvalue weighted by Gasteiger charge is -2.60. The smallest absolute Gasteiger partial charge is 0.267 e. The van der Waals surface area contributed by atoms with E-state index in [0.29, 0.717) is 5.69 Å². The van der Waals surface area contributed by atoms with Gasteiger partial charge >= 0.3 is 0 Å². The van der Waals surface area contributed by atoms with Crippen molar-refractivity contribution in [3.63, 3.8) is 0 Å². The molecule has 2 aromatic heterocycles. The monoisotopic (exact) mass is 270 g/mol. The Bertz CT molecular complexity index is 640. The third-order valence-electron chi connectivity index (χ3n) is 5.18. The number of H-pyrrole nitrogens is 1. The second kappa shape index (κ2) is 4.06. The van der Waals surface area contributed by atoms with Crippen molar-refractivity contribution in [2.75, 3.05) is 0 Å². The van der Waals surface area contributed by atoms with Crippen molar-refractivity contribution >= 4 is 16.8 Å². The molecule has 2 heterocycles. The molecule has 0 saturated heterocycles. The first-order valence-corrected chi connectivity index (χ1v) is 7.18. The van der Waals surface area contributed by atoms with Gasteiger partial charge in [-0.2, -0.15) is 0 Å².